The van der Waals surface area contributed by atoms with Crippen LogP contribution in [0.4, 0.5) is 5.13 Å². The van der Waals surface area contributed by atoms with Gasteiger partial charge in [-0.3, -0.25) is 4.90 Å². The van der Waals surface area contributed by atoms with Gasteiger partial charge in [0, 0.05) is 44.7 Å². The molecule has 23 heavy (non-hydrogen) atoms. The predicted molar refractivity (Wildman–Crippen MR) is 94.7 cm³/mol. The molecule has 1 fully saturated rings. The molecule has 0 radical (unpaired) electrons. The van der Waals surface area contributed by atoms with Gasteiger partial charge in [0.1, 0.15) is 5.01 Å². The van der Waals surface area contributed by atoms with E-state index in [2.05, 4.69) is 27.0 Å². The number of hydrogen-bond donors (Lipinski definition) is 0. The van der Waals surface area contributed by atoms with Crippen LogP contribution in [-0.2, 0) is 11.2 Å². The summed E-state index contributed by atoms with van der Waals surface area (Å²) in [5.41, 5.74) is 1.20. The molecule has 0 saturated carbocycles. The van der Waals surface area contributed by atoms with Gasteiger partial charge in [-0.15, -0.1) is 10.2 Å². The second-order valence-electron chi connectivity index (χ2n) is 5.66. The van der Waals surface area contributed by atoms with Gasteiger partial charge in [0.05, 0.1) is 13.2 Å². The third-order valence-corrected chi connectivity index (χ3v) is 5.20. The fourth-order valence-electron chi connectivity index (χ4n) is 2.46. The Bertz CT molecular complexity index is 613. The highest BCUT2D eigenvalue weighted by atomic mass is 35.5. The summed E-state index contributed by atoms with van der Waals surface area (Å²) in [6.45, 7) is 5.71. The Balaban J connectivity index is 1.52. The van der Waals surface area contributed by atoms with Crippen molar-refractivity contribution in [2.75, 3.05) is 51.3 Å². The second-order valence-corrected chi connectivity index (χ2v) is 7.13. The lowest BCUT2D eigenvalue weighted by molar-refractivity contribution is 0.0393. The molecule has 0 unspecified atom stereocenters. The molecule has 1 aromatic heterocycles. The maximum Gasteiger partial charge on any atom is 0.208 e. The molecule has 0 spiro atoms. The van der Waals surface area contributed by atoms with E-state index in [0.717, 1.165) is 61.0 Å². The number of nitrogens with zero attached hydrogens (tertiary/aromatic N) is 4. The van der Waals surface area contributed by atoms with Gasteiger partial charge in [0.15, 0.2) is 0 Å². The molecule has 2 heterocycles. The summed E-state index contributed by atoms with van der Waals surface area (Å²) >= 11 is 7.57. The number of hydrogen-bond acceptors (Lipinski definition) is 6. The number of ether oxygens (including phenoxy) is 1. The molecule has 1 aromatic carbocycles. The Kier molecular flexibility index (Phi) is 5.83. The van der Waals surface area contributed by atoms with Crippen LogP contribution in [0.2, 0.25) is 5.02 Å². The summed E-state index contributed by atoms with van der Waals surface area (Å²) in [6, 6.07) is 7.89. The van der Waals surface area contributed by atoms with E-state index in [1.54, 1.807) is 11.3 Å². The van der Waals surface area contributed by atoms with Crippen LogP contribution in [0.25, 0.3) is 0 Å². The standard InChI is InChI=1S/C16H21ClN4OS/c1-20(6-7-21-8-10-22-11-9-21)16-19-18-15(23-16)12-13-2-4-14(17)5-3-13/h2-5H,6-12H2,1H3. The van der Waals surface area contributed by atoms with E-state index in [1.807, 2.05) is 24.3 Å². The maximum atomic E-state index is 5.92. The van der Waals surface area contributed by atoms with Crippen LogP contribution in [0.5, 0.6) is 0 Å². The van der Waals surface area contributed by atoms with Crippen LogP contribution in [0.15, 0.2) is 24.3 Å². The van der Waals surface area contributed by atoms with Gasteiger partial charge < -0.3 is 9.64 Å². The Morgan fingerprint density at radius 2 is 1.96 bits per heavy atom. The first-order valence-electron chi connectivity index (χ1n) is 7.79. The number of morpholine rings is 1. The number of aromatic nitrogens is 2. The number of benzene rings is 1. The molecule has 0 atom stereocenters. The minimum Gasteiger partial charge on any atom is -0.379 e. The van der Waals surface area contributed by atoms with Crippen molar-refractivity contribution in [1.82, 2.24) is 15.1 Å². The van der Waals surface area contributed by atoms with Gasteiger partial charge in [-0.25, -0.2) is 0 Å². The fraction of sp³-hybridized carbons (Fsp3) is 0.500. The van der Waals surface area contributed by atoms with E-state index in [-0.39, 0.29) is 0 Å². The van der Waals surface area contributed by atoms with Gasteiger partial charge in [-0.1, -0.05) is 35.1 Å². The van der Waals surface area contributed by atoms with Crippen LogP contribution in [0, 0.1) is 0 Å². The topological polar surface area (TPSA) is 41.5 Å². The zero-order valence-corrected chi connectivity index (χ0v) is 14.8. The fourth-order valence-corrected chi connectivity index (χ4v) is 3.45. The van der Waals surface area contributed by atoms with Crippen molar-refractivity contribution in [1.29, 1.82) is 0 Å². The first-order valence-corrected chi connectivity index (χ1v) is 8.98. The zero-order chi connectivity index (χ0) is 16.1. The van der Waals surface area contributed by atoms with Crippen LogP contribution < -0.4 is 4.90 Å². The molecule has 2 aromatic rings. The smallest absolute Gasteiger partial charge is 0.208 e. The molecule has 0 bridgehead atoms. The maximum absolute atomic E-state index is 5.92. The number of likely N-dealkylation sites (N-methyl/N-ethyl adjacent to an activating group) is 1. The SMILES string of the molecule is CN(CCN1CCOCC1)c1nnc(Cc2ccc(Cl)cc2)s1. The van der Waals surface area contributed by atoms with Crippen molar-refractivity contribution in [3.05, 3.63) is 39.9 Å². The zero-order valence-electron chi connectivity index (χ0n) is 13.2. The minimum atomic E-state index is 0.759. The molecule has 124 valence electrons. The van der Waals surface area contributed by atoms with E-state index in [1.165, 1.54) is 5.56 Å². The molecular formula is C16H21ClN4OS. The summed E-state index contributed by atoms with van der Waals surface area (Å²) in [5.74, 6) is 0. The second kappa shape index (κ2) is 8.06. The van der Waals surface area contributed by atoms with E-state index in [0.29, 0.717) is 0 Å². The Morgan fingerprint density at radius 1 is 1.22 bits per heavy atom. The summed E-state index contributed by atoms with van der Waals surface area (Å²) in [6.07, 6.45) is 0.798. The lowest BCUT2D eigenvalue weighted by Gasteiger charge is -2.28. The van der Waals surface area contributed by atoms with Crippen molar-refractivity contribution in [3.63, 3.8) is 0 Å². The number of halogens is 1. The highest BCUT2D eigenvalue weighted by molar-refractivity contribution is 7.15. The molecule has 1 aliphatic rings. The first kappa shape index (κ1) is 16.6. The average molecular weight is 353 g/mol. The quantitative estimate of drug-likeness (QED) is 0.799. The van der Waals surface area contributed by atoms with Crippen LogP contribution in [0.3, 0.4) is 0 Å². The van der Waals surface area contributed by atoms with E-state index >= 15 is 0 Å². The molecule has 0 amide bonds. The Hall–Kier alpha value is -1.21. The van der Waals surface area contributed by atoms with Crippen molar-refractivity contribution >= 4 is 28.1 Å². The normalized spacial score (nSPS) is 15.7. The van der Waals surface area contributed by atoms with E-state index in [4.69, 9.17) is 16.3 Å². The monoisotopic (exact) mass is 352 g/mol. The molecule has 1 aliphatic heterocycles. The lowest BCUT2D eigenvalue weighted by atomic mass is 10.2. The van der Waals surface area contributed by atoms with E-state index in [9.17, 15) is 0 Å². The average Bonchev–Trinajstić information content (AvgIpc) is 3.04. The summed E-state index contributed by atoms with van der Waals surface area (Å²) in [5, 5.41) is 11.4. The van der Waals surface area contributed by atoms with Crippen LogP contribution >= 0.6 is 22.9 Å². The largest absolute Gasteiger partial charge is 0.379 e. The van der Waals surface area contributed by atoms with Crippen molar-refractivity contribution in [3.8, 4) is 0 Å². The van der Waals surface area contributed by atoms with Crippen molar-refractivity contribution in [2.45, 2.75) is 6.42 Å². The molecule has 1 saturated heterocycles. The molecule has 0 N–H and O–H groups in total. The molecular weight excluding hydrogens is 332 g/mol. The number of rotatable bonds is 6. The van der Waals surface area contributed by atoms with Gasteiger partial charge >= 0.3 is 0 Å². The van der Waals surface area contributed by atoms with Crippen LogP contribution in [-0.4, -0.2) is 61.5 Å². The first-order chi connectivity index (χ1) is 11.2. The summed E-state index contributed by atoms with van der Waals surface area (Å²) in [4.78, 5) is 4.61. The predicted octanol–water partition coefficient (Wildman–Crippen LogP) is 2.55. The highest BCUT2D eigenvalue weighted by Crippen LogP contribution is 2.22. The molecule has 0 aliphatic carbocycles. The third-order valence-electron chi connectivity index (χ3n) is 3.91. The number of anilines is 1. The van der Waals surface area contributed by atoms with Crippen LogP contribution in [0.1, 0.15) is 10.6 Å². The van der Waals surface area contributed by atoms with Gasteiger partial charge in [-0.2, -0.15) is 0 Å². The minimum absolute atomic E-state index is 0.759. The third kappa shape index (κ3) is 4.88. The Labute approximate surface area is 145 Å². The molecule has 5 nitrogen and oxygen atoms in total. The van der Waals surface area contributed by atoms with Gasteiger partial charge in [0.2, 0.25) is 5.13 Å². The summed E-state index contributed by atoms with van der Waals surface area (Å²) < 4.78 is 5.37. The molecule has 7 heteroatoms. The highest BCUT2D eigenvalue weighted by Gasteiger charge is 2.13. The van der Waals surface area contributed by atoms with E-state index < -0.39 is 0 Å². The van der Waals surface area contributed by atoms with Crippen molar-refractivity contribution in [2.24, 2.45) is 0 Å². The van der Waals surface area contributed by atoms with Gasteiger partial charge in [-0.05, 0) is 17.7 Å². The van der Waals surface area contributed by atoms with Gasteiger partial charge in [0.25, 0.3) is 0 Å². The lowest BCUT2D eigenvalue weighted by Crippen LogP contribution is -2.40. The molecule has 3 rings (SSSR count). The Morgan fingerprint density at radius 3 is 2.70 bits per heavy atom. The van der Waals surface area contributed by atoms with Crippen molar-refractivity contribution < 1.29 is 4.74 Å². The summed E-state index contributed by atoms with van der Waals surface area (Å²) in [7, 11) is 2.08.